The van der Waals surface area contributed by atoms with E-state index < -0.39 is 0 Å². The molecule has 4 aliphatic heterocycles. The molecule has 6 N–H and O–H groups in total. The fraction of sp³-hybridized carbons (Fsp3) is 0.287. The number of fused-ring (bicyclic) bond motifs is 4. The van der Waals surface area contributed by atoms with Gasteiger partial charge in [0.15, 0.2) is 0 Å². The maximum Gasteiger partial charge on any atom is 0.322 e. The Morgan fingerprint density at radius 2 is 0.806 bits per heavy atom. The van der Waals surface area contributed by atoms with Gasteiger partial charge in [0.05, 0.1) is 34.2 Å². The Hall–Kier alpha value is -15.3. The minimum absolute atomic E-state index is 0.00637. The zero-order chi connectivity index (χ0) is 92.9. The van der Waals surface area contributed by atoms with Crippen molar-refractivity contribution in [1.82, 2.24) is 100 Å². The number of aromatic amines is 2. The van der Waals surface area contributed by atoms with Crippen LogP contribution < -0.4 is 45.8 Å². The van der Waals surface area contributed by atoms with Crippen molar-refractivity contribution < 1.29 is 23.6 Å². The third kappa shape index (κ3) is 21.0. The van der Waals surface area contributed by atoms with E-state index in [1.54, 1.807) is 86.5 Å². The molecule has 134 heavy (non-hydrogen) atoms. The lowest BCUT2D eigenvalue weighted by atomic mass is 10.0. The number of rotatable bonds is 16. The van der Waals surface area contributed by atoms with Gasteiger partial charge in [-0.2, -0.15) is 0 Å². The van der Waals surface area contributed by atoms with E-state index in [1.807, 2.05) is 168 Å². The van der Waals surface area contributed by atoms with E-state index in [9.17, 15) is 23.6 Å². The molecule has 2 aliphatic carbocycles. The molecule has 0 spiro atoms. The molecule has 0 bridgehead atoms. The first-order chi connectivity index (χ1) is 65.2. The van der Waals surface area contributed by atoms with Gasteiger partial charge in [-0.15, -0.1) is 0 Å². The standard InChI is InChI=1S/2C26H29N7O.C25H26FN7O.C24H23ClN6O/c1-18-16-32(12-13-33(18)26(34)30-21-4-6-22(7-5-21)31(2)3)25-23-14-20(15-24(23)28-17-29-25)19-8-10-27-11-9-19;1-3-22(19-7-5-4-6-8-19)31-26(34)33-14-13-32(16-18(33)2)25-21-15-23(20-9-11-27-12-10-20)30-24(21)28-17-29-25;1-16-14-32(11-12-33(16)25(34)30-17(2)18-3-5-20(26)6-4-18)24-21-13-22(19-7-9-27-10-8-19)31-23(21)28-15-29-24;1-16-14-30(10-11-31(16)24(32)29-20-4-2-19(25)3-5-20)23-21-12-18(13-22(21)27-15-28-23)17-6-8-26-9-7-17/h4-11,14,17-18H,12-13,15-16H2,1-3H3,(H,30,34);4-12,15,17-18,22H,3,13-14,16H2,1-2H3,(H,31,34)(H,28,29,30);3-10,13,15-17H,11-12,14H2,1-2H3,(H,30,34)(H,28,29,31);2-9,12,15-16H,10-11,13-14H2,1H3,(H,29,32)/t18-;18-,22?;16-,17?;16-/m0000/s1. The molecule has 31 nitrogen and oxygen atoms in total. The molecule has 684 valence electrons. The van der Waals surface area contributed by atoms with Crippen molar-refractivity contribution in [3.63, 3.8) is 0 Å². The van der Waals surface area contributed by atoms with E-state index in [2.05, 4.69) is 175 Å². The fourth-order valence-electron chi connectivity index (χ4n) is 18.0. The lowest BCUT2D eigenvalue weighted by Crippen LogP contribution is -2.57. The van der Waals surface area contributed by atoms with Gasteiger partial charge in [-0.1, -0.05) is 61.0 Å². The maximum absolute atomic E-state index is 13.2. The number of hydrogen-bond donors (Lipinski definition) is 6. The second-order valence-corrected chi connectivity index (χ2v) is 34.8. The number of benzene rings is 4. The third-order valence-electron chi connectivity index (χ3n) is 25.2. The number of pyridine rings is 4. The van der Waals surface area contributed by atoms with Gasteiger partial charge < -0.3 is 75.3 Å². The molecule has 6 aliphatic rings. The average molecular weight is 1820 g/mol. The second kappa shape index (κ2) is 41.4. The Morgan fingerprint density at radius 3 is 1.21 bits per heavy atom. The van der Waals surface area contributed by atoms with E-state index in [0.29, 0.717) is 70.5 Å². The van der Waals surface area contributed by atoms with Crippen LogP contribution >= 0.6 is 11.6 Å². The molecule has 2 unspecified atom stereocenters. The van der Waals surface area contributed by atoms with Crippen LogP contribution in [-0.4, -0.2) is 230 Å². The summed E-state index contributed by atoms with van der Waals surface area (Å²) in [5.74, 6) is 3.34. The van der Waals surface area contributed by atoms with Crippen molar-refractivity contribution in [3.05, 3.63) is 294 Å². The van der Waals surface area contributed by atoms with Crippen LogP contribution in [0, 0.1) is 5.82 Å². The molecule has 14 heterocycles. The van der Waals surface area contributed by atoms with Crippen LogP contribution in [0.5, 0.6) is 0 Å². The Labute approximate surface area is 782 Å². The number of aromatic nitrogens is 14. The van der Waals surface area contributed by atoms with Crippen molar-refractivity contribution in [1.29, 1.82) is 0 Å². The molecule has 4 saturated heterocycles. The smallest absolute Gasteiger partial charge is 0.322 e. The van der Waals surface area contributed by atoms with Gasteiger partial charge in [0.1, 0.15) is 65.7 Å². The summed E-state index contributed by atoms with van der Waals surface area (Å²) in [6.45, 7) is 20.3. The number of allylic oxidation sites excluding steroid dienone is 2. The maximum atomic E-state index is 13.2. The van der Waals surface area contributed by atoms with Gasteiger partial charge in [0.2, 0.25) is 0 Å². The SMILES string of the molecule is CC(NC(=O)N1CCN(c2ncnc3[nH]c(-c4ccncc4)cc23)C[C@@H]1C)c1ccc(F)cc1.CCC(NC(=O)N1CCN(c2ncnc3[nH]c(-c4ccncc4)cc23)C[C@@H]1C)c1ccccc1.C[C@H]1CN(c2ncnc3c2C=C(c2ccncc2)C3)CCN1C(=O)Nc1ccc(Cl)cc1.C[C@H]1CN(c2ncnc3c2C=C(c2ccncc2)C3)CCN1C(=O)Nc1ccc(N(C)C)cc1. The van der Waals surface area contributed by atoms with Crippen molar-refractivity contribution in [2.75, 3.05) is 128 Å². The quantitative estimate of drug-likeness (QED) is 0.0523. The lowest BCUT2D eigenvalue weighted by molar-refractivity contribution is 0.167. The van der Waals surface area contributed by atoms with Gasteiger partial charge in [-0.3, -0.25) is 19.9 Å². The number of halogens is 2. The predicted molar refractivity (Wildman–Crippen MR) is 525 cm³/mol. The summed E-state index contributed by atoms with van der Waals surface area (Å²) in [4.78, 5) is 130. The van der Waals surface area contributed by atoms with Gasteiger partial charge >= 0.3 is 24.1 Å². The van der Waals surface area contributed by atoms with Gasteiger partial charge in [0.25, 0.3) is 0 Å². The number of anilines is 7. The number of urea groups is 4. The Balaban J connectivity index is 0.000000124. The fourth-order valence-corrected chi connectivity index (χ4v) is 18.1. The molecule has 0 radical (unpaired) electrons. The highest BCUT2D eigenvalue weighted by atomic mass is 35.5. The van der Waals surface area contributed by atoms with E-state index in [1.165, 1.54) is 23.3 Å². The molecule has 33 heteroatoms. The number of nitrogens with zero attached hydrogens (tertiary/aromatic N) is 21. The number of carbonyl (C=O) groups is 4. The number of carbonyl (C=O) groups excluding carboxylic acids is 4. The van der Waals surface area contributed by atoms with Crippen LogP contribution in [0.3, 0.4) is 0 Å². The molecule has 14 aromatic rings. The van der Waals surface area contributed by atoms with E-state index in [0.717, 1.165) is 162 Å². The first-order valence-corrected chi connectivity index (χ1v) is 45.6. The van der Waals surface area contributed by atoms with E-state index in [4.69, 9.17) is 11.6 Å². The van der Waals surface area contributed by atoms with Crippen molar-refractivity contribution in [2.45, 2.75) is 97.1 Å². The number of amides is 8. The van der Waals surface area contributed by atoms with Crippen molar-refractivity contribution in [3.8, 4) is 22.5 Å². The van der Waals surface area contributed by atoms with Gasteiger partial charge in [-0.05, 0) is 208 Å². The summed E-state index contributed by atoms with van der Waals surface area (Å²) < 4.78 is 13.2. The summed E-state index contributed by atoms with van der Waals surface area (Å²) in [5, 5.41) is 14.8. The normalized spacial score (nSPS) is 17.3. The molecule has 4 fully saturated rings. The second-order valence-electron chi connectivity index (χ2n) is 34.3. The van der Waals surface area contributed by atoms with Crippen molar-refractivity contribution >= 4 is 121 Å². The molecule has 6 atom stereocenters. The van der Waals surface area contributed by atoms with Crippen LogP contribution in [0.1, 0.15) is 105 Å². The zero-order valence-corrected chi connectivity index (χ0v) is 76.8. The number of nitrogens with one attached hydrogen (secondary N) is 6. The lowest BCUT2D eigenvalue weighted by Gasteiger charge is -2.41. The van der Waals surface area contributed by atoms with Crippen LogP contribution in [0.2, 0.25) is 5.02 Å². The van der Waals surface area contributed by atoms with Crippen LogP contribution in [-0.2, 0) is 12.8 Å². The average Bonchev–Trinajstić information content (AvgIpc) is 1.39. The highest BCUT2D eigenvalue weighted by Gasteiger charge is 2.37. The molecular formula is C101H107ClFN27O4. The first kappa shape index (κ1) is 90.6. The number of H-pyrrole nitrogens is 2. The minimum atomic E-state index is -0.291. The van der Waals surface area contributed by atoms with E-state index in [-0.39, 0.29) is 66.2 Å². The van der Waals surface area contributed by atoms with Gasteiger partial charge in [0, 0.05) is 235 Å². The number of piperazine rings is 4. The minimum Gasteiger partial charge on any atom is -0.378 e. The summed E-state index contributed by atoms with van der Waals surface area (Å²) in [6, 6.07) is 51.0. The summed E-state index contributed by atoms with van der Waals surface area (Å²) >= 11 is 5.93. The topological polar surface area (TPSA) is 332 Å². The monoisotopic (exact) mass is 1820 g/mol. The molecule has 0 saturated carbocycles. The van der Waals surface area contributed by atoms with Crippen LogP contribution in [0.25, 0.3) is 67.9 Å². The number of hydrogen-bond acceptors (Lipinski definition) is 21. The third-order valence-corrected chi connectivity index (χ3v) is 25.5. The zero-order valence-electron chi connectivity index (χ0n) is 76.0. The molecule has 4 aromatic carbocycles. The highest BCUT2D eigenvalue weighted by molar-refractivity contribution is 6.30. The Morgan fingerprint density at radius 1 is 0.433 bits per heavy atom. The summed E-state index contributed by atoms with van der Waals surface area (Å²) in [7, 11) is 4.00. The largest absolute Gasteiger partial charge is 0.378 e. The van der Waals surface area contributed by atoms with Crippen LogP contribution in [0.15, 0.2) is 239 Å². The van der Waals surface area contributed by atoms with Gasteiger partial charge in [-0.25, -0.2) is 63.4 Å². The van der Waals surface area contributed by atoms with Crippen molar-refractivity contribution in [2.24, 2.45) is 0 Å². The van der Waals surface area contributed by atoms with E-state index >= 15 is 0 Å². The first-order valence-electron chi connectivity index (χ1n) is 45.2. The molecular weight excluding hydrogens is 1710 g/mol. The summed E-state index contributed by atoms with van der Waals surface area (Å²) in [6.07, 6.45) is 27.6. The highest BCUT2D eigenvalue weighted by Crippen LogP contribution is 2.40. The predicted octanol–water partition coefficient (Wildman–Crippen LogP) is 16.7. The summed E-state index contributed by atoms with van der Waals surface area (Å²) in [5.41, 5.74) is 19.2. The Kier molecular flexibility index (Phi) is 28.0. The Bertz CT molecular complexity index is 6490. The molecule has 8 amide bonds. The molecule has 10 aromatic heterocycles. The van der Waals surface area contributed by atoms with Crippen LogP contribution in [0.4, 0.5) is 63.9 Å². The molecule has 20 rings (SSSR count).